The van der Waals surface area contributed by atoms with Crippen LogP contribution in [0.2, 0.25) is 0 Å². The van der Waals surface area contributed by atoms with E-state index in [1.54, 1.807) is 14.0 Å². The first-order valence-corrected chi connectivity index (χ1v) is 7.64. The number of aryl methyl sites for hydroxylation is 2. The summed E-state index contributed by atoms with van der Waals surface area (Å²) in [5.41, 5.74) is 5.10. The Bertz CT molecular complexity index is 772. The molecule has 124 valence electrons. The second kappa shape index (κ2) is 6.77. The third kappa shape index (κ3) is 3.33. The van der Waals surface area contributed by atoms with E-state index in [-0.39, 0.29) is 5.97 Å². The zero-order chi connectivity index (χ0) is 17.1. The molecule has 0 aliphatic carbocycles. The maximum atomic E-state index is 11.5. The van der Waals surface area contributed by atoms with Crippen LogP contribution in [0.4, 0.5) is 5.69 Å². The van der Waals surface area contributed by atoms with Crippen molar-refractivity contribution in [3.8, 4) is 5.75 Å². The van der Waals surface area contributed by atoms with Gasteiger partial charge in [-0.05, 0) is 39.3 Å². The highest BCUT2D eigenvalue weighted by Crippen LogP contribution is 2.34. The summed E-state index contributed by atoms with van der Waals surface area (Å²) in [4.78, 5) is 11.5. The molecule has 0 amide bonds. The number of nitrogens with one attached hydrogen (secondary N) is 1. The van der Waals surface area contributed by atoms with Gasteiger partial charge in [-0.1, -0.05) is 0 Å². The predicted octanol–water partition coefficient (Wildman–Crippen LogP) is 3.68. The largest absolute Gasteiger partial charge is 0.494 e. The van der Waals surface area contributed by atoms with Crippen LogP contribution in [0.5, 0.6) is 5.75 Å². The molecule has 0 bridgehead atoms. The number of benzene rings is 1. The molecule has 0 spiro atoms. The highest BCUT2D eigenvalue weighted by atomic mass is 16.5. The molecule has 0 saturated heterocycles. The molecule has 0 unspecified atom stereocenters. The van der Waals surface area contributed by atoms with E-state index in [9.17, 15) is 4.79 Å². The first-order valence-electron chi connectivity index (χ1n) is 7.64. The summed E-state index contributed by atoms with van der Waals surface area (Å²) in [6.45, 7) is 8.17. The summed E-state index contributed by atoms with van der Waals surface area (Å²) < 4.78 is 12.6. The smallest absolute Gasteiger partial charge is 0.332 e. The van der Waals surface area contributed by atoms with E-state index in [0.717, 1.165) is 22.3 Å². The summed E-state index contributed by atoms with van der Waals surface area (Å²) in [7, 11) is 3.68. The summed E-state index contributed by atoms with van der Waals surface area (Å²) in [6.07, 6.45) is 1.44. The Morgan fingerprint density at radius 3 is 2.65 bits per heavy atom. The van der Waals surface area contributed by atoms with Gasteiger partial charge in [-0.2, -0.15) is 0 Å². The van der Waals surface area contributed by atoms with Crippen molar-refractivity contribution < 1.29 is 14.3 Å². The molecule has 1 N–H and O–H groups in total. The Morgan fingerprint density at radius 1 is 1.35 bits per heavy atom. The van der Waals surface area contributed by atoms with Crippen molar-refractivity contribution in [3.05, 3.63) is 35.2 Å². The Morgan fingerprint density at radius 2 is 2.04 bits per heavy atom. The van der Waals surface area contributed by atoms with Crippen LogP contribution >= 0.6 is 0 Å². The summed E-state index contributed by atoms with van der Waals surface area (Å²) in [5.74, 6) is 0.374. The number of rotatable bonds is 5. The van der Waals surface area contributed by atoms with Crippen molar-refractivity contribution in [2.75, 3.05) is 19.0 Å². The lowest BCUT2D eigenvalue weighted by Gasteiger charge is -2.12. The Balaban J connectivity index is 2.44. The molecule has 0 fully saturated rings. The van der Waals surface area contributed by atoms with Crippen LogP contribution in [0.1, 0.15) is 25.1 Å². The number of fused-ring (bicyclic) bond motifs is 1. The topological polar surface area (TPSA) is 52.5 Å². The fourth-order valence-electron chi connectivity index (χ4n) is 2.65. The lowest BCUT2D eigenvalue weighted by Crippen LogP contribution is -2.05. The van der Waals surface area contributed by atoms with Gasteiger partial charge in [-0.15, -0.1) is 0 Å². The van der Waals surface area contributed by atoms with Gasteiger partial charge in [0.15, 0.2) is 0 Å². The van der Waals surface area contributed by atoms with Gasteiger partial charge >= 0.3 is 5.97 Å². The van der Waals surface area contributed by atoms with E-state index in [2.05, 4.69) is 29.8 Å². The molecule has 1 heterocycles. The van der Waals surface area contributed by atoms with Gasteiger partial charge in [0.2, 0.25) is 0 Å². The van der Waals surface area contributed by atoms with Crippen LogP contribution in [0.3, 0.4) is 0 Å². The fraction of sp³-hybridized carbons (Fsp3) is 0.389. The molecule has 23 heavy (non-hydrogen) atoms. The van der Waals surface area contributed by atoms with E-state index in [1.807, 2.05) is 20.0 Å². The number of carbonyl (C=O) groups is 1. The molecule has 0 atom stereocenters. The third-order valence-electron chi connectivity index (χ3n) is 4.08. The standard InChI is InChI=1S/C18H24N2O3/c1-7-23-18(21)8-11(2)19-15-9-14-12(3)13(4)20(5)16(14)10-17(15)22-6/h8-10,19H,7H2,1-6H3/b11-8+. The van der Waals surface area contributed by atoms with Crippen LogP contribution in [-0.2, 0) is 16.6 Å². The third-order valence-corrected chi connectivity index (χ3v) is 4.08. The molecular formula is C18H24N2O3. The van der Waals surface area contributed by atoms with Crippen molar-refractivity contribution in [3.63, 3.8) is 0 Å². The van der Waals surface area contributed by atoms with Crippen molar-refractivity contribution in [1.29, 1.82) is 0 Å². The van der Waals surface area contributed by atoms with Crippen molar-refractivity contribution in [1.82, 2.24) is 4.57 Å². The first kappa shape index (κ1) is 16.9. The van der Waals surface area contributed by atoms with Gasteiger partial charge < -0.3 is 19.4 Å². The highest BCUT2D eigenvalue weighted by Gasteiger charge is 2.13. The van der Waals surface area contributed by atoms with Crippen LogP contribution in [0.15, 0.2) is 23.9 Å². The second-order valence-corrected chi connectivity index (χ2v) is 5.54. The molecule has 1 aromatic heterocycles. The molecule has 5 nitrogen and oxygen atoms in total. The molecule has 0 aliphatic heterocycles. The SMILES string of the molecule is CCOC(=O)/C=C(\C)Nc1cc2c(C)c(C)n(C)c2cc1OC. The number of allylic oxidation sites excluding steroid dienone is 1. The van der Waals surface area contributed by atoms with Crippen LogP contribution in [0, 0.1) is 13.8 Å². The number of ether oxygens (including phenoxy) is 2. The van der Waals surface area contributed by atoms with E-state index >= 15 is 0 Å². The summed E-state index contributed by atoms with van der Waals surface area (Å²) in [5, 5.41) is 4.39. The minimum Gasteiger partial charge on any atom is -0.494 e. The Hall–Kier alpha value is -2.43. The van der Waals surface area contributed by atoms with Gasteiger partial charge in [-0.3, -0.25) is 0 Å². The molecular weight excluding hydrogens is 292 g/mol. The van der Waals surface area contributed by atoms with Crippen LogP contribution < -0.4 is 10.1 Å². The Kier molecular flexibility index (Phi) is 4.98. The fourth-order valence-corrected chi connectivity index (χ4v) is 2.65. The number of hydrogen-bond acceptors (Lipinski definition) is 4. The molecule has 2 aromatic rings. The summed E-state index contributed by atoms with van der Waals surface area (Å²) >= 11 is 0. The number of nitrogens with zero attached hydrogens (tertiary/aromatic N) is 1. The first-order chi connectivity index (χ1) is 10.9. The summed E-state index contributed by atoms with van der Waals surface area (Å²) in [6, 6.07) is 4.06. The van der Waals surface area contributed by atoms with E-state index in [0.29, 0.717) is 12.3 Å². The zero-order valence-corrected chi connectivity index (χ0v) is 14.6. The highest BCUT2D eigenvalue weighted by molar-refractivity contribution is 5.91. The maximum absolute atomic E-state index is 11.5. The number of anilines is 1. The molecule has 5 heteroatoms. The number of aromatic nitrogens is 1. The number of carbonyl (C=O) groups excluding carboxylic acids is 1. The average Bonchev–Trinajstić information content (AvgIpc) is 2.71. The average molecular weight is 316 g/mol. The quantitative estimate of drug-likeness (QED) is 0.675. The number of esters is 1. The van der Waals surface area contributed by atoms with Crippen molar-refractivity contribution in [2.24, 2.45) is 7.05 Å². The van der Waals surface area contributed by atoms with E-state index in [4.69, 9.17) is 9.47 Å². The van der Waals surface area contributed by atoms with E-state index < -0.39 is 0 Å². The Labute approximate surface area is 136 Å². The maximum Gasteiger partial charge on any atom is 0.332 e. The van der Waals surface area contributed by atoms with Gasteiger partial charge in [0.1, 0.15) is 5.75 Å². The van der Waals surface area contributed by atoms with Crippen molar-refractivity contribution >= 4 is 22.6 Å². The second-order valence-electron chi connectivity index (χ2n) is 5.54. The van der Waals surface area contributed by atoms with Crippen LogP contribution in [0.25, 0.3) is 10.9 Å². The van der Waals surface area contributed by atoms with Gasteiger partial charge in [0.05, 0.1) is 24.9 Å². The molecule has 0 saturated carbocycles. The number of methoxy groups -OCH3 is 1. The van der Waals surface area contributed by atoms with Crippen molar-refractivity contribution in [2.45, 2.75) is 27.7 Å². The minimum absolute atomic E-state index is 0.357. The molecule has 1 aromatic carbocycles. The van der Waals surface area contributed by atoms with Gasteiger partial charge in [-0.25, -0.2) is 4.79 Å². The lowest BCUT2D eigenvalue weighted by atomic mass is 10.1. The van der Waals surface area contributed by atoms with E-state index in [1.165, 1.54) is 17.3 Å². The number of hydrogen-bond donors (Lipinski definition) is 1. The molecule has 0 radical (unpaired) electrons. The van der Waals surface area contributed by atoms with Gasteiger partial charge in [0, 0.05) is 36.0 Å². The predicted molar refractivity (Wildman–Crippen MR) is 93.0 cm³/mol. The van der Waals surface area contributed by atoms with Crippen LogP contribution in [-0.4, -0.2) is 24.3 Å². The molecule has 0 aliphatic rings. The monoisotopic (exact) mass is 316 g/mol. The zero-order valence-electron chi connectivity index (χ0n) is 14.6. The molecule has 2 rings (SSSR count). The lowest BCUT2D eigenvalue weighted by molar-refractivity contribution is -0.137. The normalized spacial score (nSPS) is 11.7. The van der Waals surface area contributed by atoms with Gasteiger partial charge in [0.25, 0.3) is 0 Å². The minimum atomic E-state index is -0.357.